The third-order valence-corrected chi connectivity index (χ3v) is 5.08. The average Bonchev–Trinajstić information content (AvgIpc) is 2.76. The number of Topliss-reactive ketones (excluding diaryl/α,β-unsaturated/α-hetero) is 1. The molecule has 6 amide bonds. The highest BCUT2D eigenvalue weighted by atomic mass is 19.4. The van der Waals surface area contributed by atoms with Crippen LogP contribution in [0.4, 0.5) is 13.2 Å². The van der Waals surface area contributed by atoms with Gasteiger partial charge in [-0.05, 0) is 18.8 Å². The van der Waals surface area contributed by atoms with E-state index in [-0.39, 0.29) is 6.54 Å². The van der Waals surface area contributed by atoms with Gasteiger partial charge in [-0.1, -0.05) is 27.7 Å². The first-order chi connectivity index (χ1) is 17.3. The van der Waals surface area contributed by atoms with Crippen LogP contribution in [-0.2, 0) is 33.6 Å². The van der Waals surface area contributed by atoms with Crippen molar-refractivity contribution in [2.75, 3.05) is 6.54 Å². The van der Waals surface area contributed by atoms with E-state index in [1.165, 1.54) is 20.8 Å². The van der Waals surface area contributed by atoms with Crippen molar-refractivity contribution in [3.8, 4) is 0 Å². The molecular weight excluding hydrogens is 517 g/mol. The lowest BCUT2D eigenvalue weighted by molar-refractivity contribution is -0.173. The van der Waals surface area contributed by atoms with Crippen LogP contribution >= 0.6 is 0 Å². The number of rotatable bonds is 14. The van der Waals surface area contributed by atoms with E-state index in [1.54, 1.807) is 19.2 Å². The van der Waals surface area contributed by atoms with Crippen LogP contribution in [0.5, 0.6) is 0 Å². The number of hydrogen-bond acceptors (Lipinski definition) is 7. The van der Waals surface area contributed by atoms with Gasteiger partial charge in [0.15, 0.2) is 0 Å². The van der Waals surface area contributed by atoms with E-state index in [4.69, 9.17) is 5.73 Å². The maximum Gasteiger partial charge on any atom is 0.452 e. The summed E-state index contributed by atoms with van der Waals surface area (Å²) < 4.78 is 37.9. The van der Waals surface area contributed by atoms with Crippen LogP contribution < -0.4 is 32.3 Å². The number of ketones is 1. The molecule has 1 unspecified atom stereocenters. The molecule has 38 heavy (non-hydrogen) atoms. The lowest BCUT2D eigenvalue weighted by atomic mass is 9.99. The normalized spacial score (nSPS) is 14.5. The molecule has 0 heterocycles. The highest BCUT2D eigenvalue weighted by Gasteiger charge is 2.43. The Hall–Kier alpha value is -3.72. The Labute approximate surface area is 217 Å². The van der Waals surface area contributed by atoms with Gasteiger partial charge < -0.3 is 32.3 Å². The fourth-order valence-corrected chi connectivity index (χ4v) is 3.04. The molecule has 0 rings (SSSR count). The van der Waals surface area contributed by atoms with Crippen molar-refractivity contribution in [1.29, 1.82) is 0 Å². The number of carbonyl (C=O) groups excluding carboxylic acids is 7. The monoisotopic (exact) mass is 552 g/mol. The Morgan fingerprint density at radius 2 is 1.21 bits per heavy atom. The number of hydrogen-bond donors (Lipinski definition) is 6. The number of nitrogens with two attached hydrogens (primary N) is 1. The maximum absolute atomic E-state index is 12.9. The predicted molar refractivity (Wildman–Crippen MR) is 127 cm³/mol. The summed E-state index contributed by atoms with van der Waals surface area (Å²) in [5, 5.41) is 11.1. The van der Waals surface area contributed by atoms with E-state index in [1.807, 2.05) is 0 Å². The van der Waals surface area contributed by atoms with Gasteiger partial charge in [0.1, 0.15) is 18.1 Å². The number of amides is 6. The number of primary amides is 1. The minimum Gasteiger partial charge on any atom is -0.370 e. The quantitative estimate of drug-likeness (QED) is 0.149. The molecule has 0 radical (unpaired) electrons. The van der Waals surface area contributed by atoms with Crippen LogP contribution in [0.3, 0.4) is 0 Å². The van der Waals surface area contributed by atoms with E-state index in [0.29, 0.717) is 0 Å². The lowest BCUT2D eigenvalue weighted by Gasteiger charge is -2.28. The Morgan fingerprint density at radius 3 is 1.63 bits per heavy atom. The highest BCUT2D eigenvalue weighted by molar-refractivity contribution is 5.98. The van der Waals surface area contributed by atoms with Crippen molar-refractivity contribution in [1.82, 2.24) is 26.6 Å². The van der Waals surface area contributed by atoms with Gasteiger partial charge in [-0.2, -0.15) is 13.2 Å². The van der Waals surface area contributed by atoms with E-state index in [2.05, 4.69) is 21.3 Å². The number of carbonyl (C=O) groups is 7. The Balaban J connectivity index is 5.62. The summed E-state index contributed by atoms with van der Waals surface area (Å²) in [5.41, 5.74) is 5.09. The molecular formula is C22H35F3N6O7. The smallest absolute Gasteiger partial charge is 0.370 e. The van der Waals surface area contributed by atoms with Gasteiger partial charge in [0, 0.05) is 6.92 Å². The SMILES string of the molecule is CC(=O)NCC(=O)N[C@H](C(=O)N[C@H](C(=O)N[C@@H](CC(N)=O)C(=O)NC(C)C(=O)C(F)(F)F)C(C)C)C(C)C. The zero-order chi connectivity index (χ0) is 30.0. The zero-order valence-corrected chi connectivity index (χ0v) is 21.9. The maximum atomic E-state index is 12.9. The van der Waals surface area contributed by atoms with Crippen molar-refractivity contribution in [2.45, 2.75) is 78.3 Å². The molecule has 0 aliphatic carbocycles. The molecule has 0 spiro atoms. The van der Waals surface area contributed by atoms with Crippen molar-refractivity contribution in [3.63, 3.8) is 0 Å². The van der Waals surface area contributed by atoms with Gasteiger partial charge in [0.05, 0.1) is 19.0 Å². The van der Waals surface area contributed by atoms with Gasteiger partial charge in [0.2, 0.25) is 35.4 Å². The van der Waals surface area contributed by atoms with Crippen LogP contribution in [0.15, 0.2) is 0 Å². The summed E-state index contributed by atoms with van der Waals surface area (Å²) in [7, 11) is 0. The topological polar surface area (TPSA) is 206 Å². The summed E-state index contributed by atoms with van der Waals surface area (Å²) in [6, 6.07) is -6.19. The largest absolute Gasteiger partial charge is 0.452 e. The molecule has 0 aliphatic rings. The number of halogens is 3. The van der Waals surface area contributed by atoms with Gasteiger partial charge >= 0.3 is 6.18 Å². The zero-order valence-electron chi connectivity index (χ0n) is 21.9. The van der Waals surface area contributed by atoms with Crippen molar-refractivity contribution in [2.24, 2.45) is 17.6 Å². The molecule has 16 heteroatoms. The second kappa shape index (κ2) is 14.9. The minimum atomic E-state index is -5.23. The van der Waals surface area contributed by atoms with Crippen LogP contribution in [0.25, 0.3) is 0 Å². The molecule has 0 bridgehead atoms. The highest BCUT2D eigenvalue weighted by Crippen LogP contribution is 2.18. The molecule has 0 aromatic heterocycles. The summed E-state index contributed by atoms with van der Waals surface area (Å²) in [4.78, 5) is 84.2. The molecule has 216 valence electrons. The fraction of sp³-hybridized carbons (Fsp3) is 0.682. The second-order valence-corrected chi connectivity index (χ2v) is 9.25. The molecule has 0 saturated heterocycles. The van der Waals surface area contributed by atoms with E-state index in [9.17, 15) is 46.7 Å². The molecule has 0 saturated carbocycles. The van der Waals surface area contributed by atoms with Crippen molar-refractivity contribution in [3.05, 3.63) is 0 Å². The summed E-state index contributed by atoms with van der Waals surface area (Å²) in [6.07, 6.45) is -6.04. The number of alkyl halides is 3. The molecule has 7 N–H and O–H groups in total. The Morgan fingerprint density at radius 1 is 0.737 bits per heavy atom. The summed E-state index contributed by atoms with van der Waals surface area (Å²) in [6.45, 7) is 7.90. The molecule has 0 aromatic rings. The fourth-order valence-electron chi connectivity index (χ4n) is 3.04. The van der Waals surface area contributed by atoms with Gasteiger partial charge in [-0.25, -0.2) is 0 Å². The second-order valence-electron chi connectivity index (χ2n) is 9.25. The Kier molecular flexibility index (Phi) is 13.4. The lowest BCUT2D eigenvalue weighted by Crippen LogP contribution is -2.60. The van der Waals surface area contributed by atoms with Crippen LogP contribution in [0.1, 0.15) is 48.0 Å². The first-order valence-electron chi connectivity index (χ1n) is 11.6. The van der Waals surface area contributed by atoms with Crippen LogP contribution in [-0.4, -0.2) is 78.1 Å². The molecule has 13 nitrogen and oxygen atoms in total. The third kappa shape index (κ3) is 12.0. The molecule has 4 atom stereocenters. The van der Waals surface area contributed by atoms with E-state index >= 15 is 0 Å². The molecule has 0 aromatic carbocycles. The van der Waals surface area contributed by atoms with E-state index < -0.39 is 89.8 Å². The minimum absolute atomic E-state index is 0.390. The van der Waals surface area contributed by atoms with Gasteiger partial charge in [0.25, 0.3) is 5.78 Å². The summed E-state index contributed by atoms with van der Waals surface area (Å²) in [5.74, 6) is -8.52. The first kappa shape index (κ1) is 34.3. The Bertz CT molecular complexity index is 924. The van der Waals surface area contributed by atoms with Gasteiger partial charge in [-0.15, -0.1) is 0 Å². The molecule has 0 fully saturated rings. The van der Waals surface area contributed by atoms with Crippen LogP contribution in [0.2, 0.25) is 0 Å². The van der Waals surface area contributed by atoms with Crippen molar-refractivity contribution >= 4 is 41.2 Å². The average molecular weight is 553 g/mol. The molecule has 0 aliphatic heterocycles. The van der Waals surface area contributed by atoms with Crippen molar-refractivity contribution < 1.29 is 46.7 Å². The number of nitrogens with one attached hydrogen (secondary N) is 5. The predicted octanol–water partition coefficient (Wildman–Crippen LogP) is -1.60. The van der Waals surface area contributed by atoms with E-state index in [0.717, 1.165) is 6.92 Å². The van der Waals surface area contributed by atoms with Gasteiger partial charge in [-0.3, -0.25) is 33.6 Å². The summed E-state index contributed by atoms with van der Waals surface area (Å²) >= 11 is 0. The third-order valence-electron chi connectivity index (χ3n) is 5.08. The van der Waals surface area contributed by atoms with Crippen LogP contribution in [0, 0.1) is 11.8 Å². The first-order valence-corrected chi connectivity index (χ1v) is 11.6. The standard InChI is InChI=1S/C22H35F3N6O7/c1-9(2)16(30-15(34)8-27-12(6)32)21(38)31-17(10(3)4)20(37)29-13(7-14(26)33)19(36)28-11(5)18(35)22(23,24)25/h9-11,13,16-17H,7-8H2,1-6H3,(H2,26,33)(H,27,32)(H,28,36)(H,29,37)(H,30,34)(H,31,38)/t11?,13-,16-,17-/m0/s1.